The van der Waals surface area contributed by atoms with Gasteiger partial charge in [-0.1, -0.05) is 23.5 Å². The van der Waals surface area contributed by atoms with E-state index >= 15 is 0 Å². The minimum Gasteiger partial charge on any atom is -0.396 e. The van der Waals surface area contributed by atoms with Gasteiger partial charge in [0.25, 0.3) is 10.5 Å². The lowest BCUT2D eigenvalue weighted by atomic mass is 10.9. The number of thioether (sulfide) groups is 10. The predicted octanol–water partition coefficient (Wildman–Crippen LogP) is 4.89. The summed E-state index contributed by atoms with van der Waals surface area (Å²) in [7, 11) is -2.20. The quantitative estimate of drug-likeness (QED) is 0.0336. The van der Waals surface area contributed by atoms with Crippen molar-refractivity contribution in [3.05, 3.63) is 0 Å². The second-order valence-electron chi connectivity index (χ2n) is 7.00. The predicted molar refractivity (Wildman–Crippen MR) is 213 cm³/mol. The fraction of sp³-hybridized carbons (Fsp3) is 0.810. The Kier molecular flexibility index (Phi) is 38.5. The van der Waals surface area contributed by atoms with Crippen LogP contribution in [0.1, 0.15) is 0 Å². The molecule has 0 bridgehead atoms. The molecule has 0 aliphatic rings. The molecule has 10 nitrogen and oxygen atoms in total. The van der Waals surface area contributed by atoms with Crippen molar-refractivity contribution in [2.24, 2.45) is 9.98 Å². The molecule has 0 aliphatic carbocycles. The molecule has 0 aromatic carbocycles. The van der Waals surface area contributed by atoms with E-state index in [0.29, 0.717) is 50.9 Å². The lowest BCUT2D eigenvalue weighted by Gasteiger charge is -2.04. The number of aliphatic imine (C=N–C) groups is 2. The zero-order chi connectivity index (χ0) is 31.6. The van der Waals surface area contributed by atoms with Crippen LogP contribution in [-0.4, -0.2) is 137 Å². The average Bonchev–Trinajstić information content (AvgIpc) is 2.99. The maximum absolute atomic E-state index is 12.0. The van der Waals surface area contributed by atoms with E-state index in [0.717, 1.165) is 32.5 Å². The number of carbonyl (C=O) groups excluding carboxylic acids is 2. The lowest BCUT2D eigenvalue weighted by Crippen LogP contribution is -2.18. The number of nitrogens with zero attached hydrogens (tertiary/aromatic N) is 2. The van der Waals surface area contributed by atoms with Crippen LogP contribution in [0.2, 0.25) is 0 Å². The Morgan fingerprint density at radius 2 is 1.16 bits per heavy atom. The zero-order valence-corrected chi connectivity index (χ0v) is 33.3. The molecule has 0 heterocycles. The van der Waals surface area contributed by atoms with Gasteiger partial charge in [-0.15, -0.1) is 70.6 Å². The van der Waals surface area contributed by atoms with E-state index in [-0.39, 0.29) is 23.7 Å². The maximum atomic E-state index is 12.0. The highest BCUT2D eigenvalue weighted by molar-refractivity contribution is 8.28. The van der Waals surface area contributed by atoms with E-state index in [4.69, 9.17) is 10.2 Å². The van der Waals surface area contributed by atoms with Crippen molar-refractivity contribution in [1.82, 2.24) is 10.6 Å². The molecule has 0 fully saturated rings. The number of amides is 2. The van der Waals surface area contributed by atoms with Crippen molar-refractivity contribution in [3.8, 4) is 0 Å². The fourth-order valence-electron chi connectivity index (χ4n) is 1.99. The number of aliphatic hydroxyl groups is 2. The molecule has 22 heteroatoms. The number of nitrogens with one attached hydrogen (secondary N) is 2. The van der Waals surface area contributed by atoms with Gasteiger partial charge in [-0.3, -0.25) is 28.0 Å². The minimum absolute atomic E-state index is 0.0364. The summed E-state index contributed by atoms with van der Waals surface area (Å²) >= 11 is 15.2. The molecule has 0 saturated heterocycles. The van der Waals surface area contributed by atoms with E-state index in [1.807, 2.05) is 0 Å². The minimum atomic E-state index is -1.13. The molecule has 0 aromatic rings. The Bertz CT molecular complexity index is 804. The van der Waals surface area contributed by atoms with Gasteiger partial charge < -0.3 is 20.8 Å². The second kappa shape index (κ2) is 36.8. The zero-order valence-electron chi connectivity index (χ0n) is 23.5. The van der Waals surface area contributed by atoms with Crippen LogP contribution < -0.4 is 10.6 Å². The normalized spacial score (nSPS) is 13.1. The van der Waals surface area contributed by atoms with Crippen molar-refractivity contribution < 1.29 is 28.2 Å². The van der Waals surface area contributed by atoms with Crippen LogP contribution in [0.5, 0.6) is 0 Å². The summed E-state index contributed by atoms with van der Waals surface area (Å²) in [6.07, 6.45) is 0. The summed E-state index contributed by atoms with van der Waals surface area (Å²) in [4.78, 5) is 31.9. The van der Waals surface area contributed by atoms with Crippen LogP contribution in [0.15, 0.2) is 9.98 Å². The number of carbonyl (C=O) groups is 2. The van der Waals surface area contributed by atoms with Crippen molar-refractivity contribution >= 4 is 161 Å². The first-order chi connectivity index (χ1) is 21.0. The summed E-state index contributed by atoms with van der Waals surface area (Å²) in [5.74, 6) is 6.34. The van der Waals surface area contributed by atoms with Crippen LogP contribution in [-0.2, 0) is 21.6 Å². The van der Waals surface area contributed by atoms with Gasteiger partial charge in [0.1, 0.15) is 0 Å². The first kappa shape index (κ1) is 45.0. The third-order valence-electron chi connectivity index (χ3n) is 3.69. The summed E-state index contributed by atoms with van der Waals surface area (Å²) in [5.41, 5.74) is 2.96. The molecule has 0 saturated carbocycles. The van der Waals surface area contributed by atoms with Gasteiger partial charge >= 0.3 is 0 Å². The van der Waals surface area contributed by atoms with Crippen molar-refractivity contribution in [2.75, 3.05) is 96.7 Å². The number of rotatable bonds is 30. The summed E-state index contributed by atoms with van der Waals surface area (Å²) in [6.45, 7) is 0.304. The van der Waals surface area contributed by atoms with Crippen LogP contribution in [0, 0.1) is 0 Å². The van der Waals surface area contributed by atoms with Gasteiger partial charge in [-0.2, -0.15) is 23.5 Å². The van der Waals surface area contributed by atoms with Gasteiger partial charge in [0, 0.05) is 54.9 Å². The first-order valence-electron chi connectivity index (χ1n) is 12.4. The number of aliphatic hydroxyl groups excluding tert-OH is 2. The monoisotopic (exact) mass is 828 g/mol. The van der Waals surface area contributed by atoms with Crippen LogP contribution in [0.4, 0.5) is 9.59 Å². The third-order valence-corrected chi connectivity index (χ3v) is 16.8. The fourth-order valence-corrected chi connectivity index (χ4v) is 13.0. The summed E-state index contributed by atoms with van der Waals surface area (Å²) in [6, 6.07) is 0. The standard InChI is InChI=1S/C21H40N4O6S12/c26-1-3-32-5-6-40-20(28)24-11-36-16-35-10-23-14-43(31)19-39-17-38-18-41-21(29)25-12-37-15-34-9-22-13-42(30)8-7-33-4-2-27/h13-14,26-27H,1-12,15-19H2,(H,24,28)(H,25,29)/b22-13+,23-14+. The Morgan fingerprint density at radius 3 is 1.79 bits per heavy atom. The van der Waals surface area contributed by atoms with Crippen LogP contribution in [0.3, 0.4) is 0 Å². The lowest BCUT2D eigenvalue weighted by molar-refractivity contribution is 0.261. The van der Waals surface area contributed by atoms with Gasteiger partial charge in [0.05, 0.1) is 74.5 Å². The van der Waals surface area contributed by atoms with E-state index < -0.39 is 21.6 Å². The highest BCUT2D eigenvalue weighted by atomic mass is 32.3. The topological polar surface area (TPSA) is 158 Å². The highest BCUT2D eigenvalue weighted by Gasteiger charge is 2.03. The molecule has 0 aromatic heterocycles. The van der Waals surface area contributed by atoms with Crippen LogP contribution >= 0.6 is 118 Å². The molecule has 2 unspecified atom stereocenters. The van der Waals surface area contributed by atoms with E-state index in [2.05, 4.69) is 20.6 Å². The Balaban J connectivity index is 3.48. The van der Waals surface area contributed by atoms with Crippen LogP contribution in [0.25, 0.3) is 0 Å². The SMILES string of the molecule is O=C(NCSCSC/N=C/S(=O)CSCSCSC(=O)NCSCSC/N=C/S(=O)CCSCCO)SCCSCCO. The van der Waals surface area contributed by atoms with Crippen molar-refractivity contribution in [2.45, 2.75) is 0 Å². The molecule has 4 N–H and O–H groups in total. The smallest absolute Gasteiger partial charge is 0.280 e. The van der Waals surface area contributed by atoms with Gasteiger partial charge in [0.2, 0.25) is 0 Å². The molecule has 0 radical (unpaired) electrons. The molecule has 252 valence electrons. The third kappa shape index (κ3) is 36.7. The Labute approximate surface area is 303 Å². The second-order valence-corrected chi connectivity index (χ2v) is 21.8. The molecule has 0 rings (SSSR count). The summed E-state index contributed by atoms with van der Waals surface area (Å²) < 4.78 is 23.7. The Hall–Kier alpha value is 2.00. The van der Waals surface area contributed by atoms with Gasteiger partial charge in [0.15, 0.2) is 0 Å². The van der Waals surface area contributed by atoms with Gasteiger partial charge in [-0.05, 0) is 0 Å². The summed E-state index contributed by atoms with van der Waals surface area (Å²) in [5, 5.41) is 26.4. The first-order valence-corrected chi connectivity index (χ1v) is 26.4. The highest BCUT2D eigenvalue weighted by Crippen LogP contribution is 2.19. The molecular formula is C21H40N4O6S12. The molecule has 2 atom stereocenters. The molecule has 0 spiro atoms. The molecule has 43 heavy (non-hydrogen) atoms. The van der Waals surface area contributed by atoms with E-state index in [9.17, 15) is 18.0 Å². The largest absolute Gasteiger partial charge is 0.396 e. The maximum Gasteiger partial charge on any atom is 0.280 e. The molecule has 0 aliphatic heterocycles. The molecular weight excluding hydrogens is 789 g/mol. The van der Waals surface area contributed by atoms with Gasteiger partial charge in [-0.25, -0.2) is 0 Å². The van der Waals surface area contributed by atoms with E-state index in [1.165, 1.54) is 34.6 Å². The number of hydrogen-bond donors (Lipinski definition) is 4. The van der Waals surface area contributed by atoms with E-state index in [1.54, 1.807) is 94.1 Å². The van der Waals surface area contributed by atoms with Crippen molar-refractivity contribution in [3.63, 3.8) is 0 Å². The van der Waals surface area contributed by atoms with Crippen molar-refractivity contribution in [1.29, 1.82) is 0 Å². The molecule has 2 amide bonds. The number of hydrogen-bond acceptors (Lipinski definition) is 18. The average molecular weight is 829 g/mol. The Morgan fingerprint density at radius 1 is 0.605 bits per heavy atom.